The second-order valence-electron chi connectivity index (χ2n) is 3.36. The van der Waals surface area contributed by atoms with Gasteiger partial charge in [-0.2, -0.15) is 16.9 Å². The van der Waals surface area contributed by atoms with E-state index in [-0.39, 0.29) is 0 Å². The molecule has 0 aromatic carbocycles. The van der Waals surface area contributed by atoms with Gasteiger partial charge in [-0.1, -0.05) is 6.42 Å². The van der Waals surface area contributed by atoms with E-state index in [2.05, 4.69) is 10.2 Å². The third-order valence-corrected chi connectivity index (χ3v) is 3.78. The normalized spacial score (nSPS) is 21.9. The minimum Gasteiger partial charge on any atom is -0.480 e. The molecule has 1 aromatic heterocycles. The summed E-state index contributed by atoms with van der Waals surface area (Å²) in [4.78, 5) is 0. The van der Waals surface area contributed by atoms with E-state index >= 15 is 0 Å². The van der Waals surface area contributed by atoms with Crippen molar-refractivity contribution in [2.24, 2.45) is 0 Å². The third-order valence-electron chi connectivity index (χ3n) is 2.38. The molecule has 0 N–H and O–H groups in total. The van der Waals surface area contributed by atoms with Crippen LogP contribution in [0.4, 0.5) is 0 Å². The van der Waals surface area contributed by atoms with Crippen molar-refractivity contribution in [3.63, 3.8) is 0 Å². The van der Waals surface area contributed by atoms with E-state index in [1.165, 1.54) is 25.0 Å². The van der Waals surface area contributed by atoms with Crippen molar-refractivity contribution in [1.82, 2.24) is 10.2 Å². The molecule has 0 saturated carbocycles. The fourth-order valence-corrected chi connectivity index (χ4v) is 2.87. The first-order valence-electron chi connectivity index (χ1n) is 4.89. The molecule has 4 heteroatoms. The van der Waals surface area contributed by atoms with E-state index in [4.69, 9.17) is 4.74 Å². The Labute approximate surface area is 88.3 Å². The minimum absolute atomic E-state index is 0.544. The maximum absolute atomic E-state index is 4.98. The molecule has 0 radical (unpaired) electrons. The van der Waals surface area contributed by atoms with Gasteiger partial charge in [0.1, 0.15) is 0 Å². The molecule has 1 aliphatic heterocycles. The van der Waals surface area contributed by atoms with Gasteiger partial charge in [0.2, 0.25) is 5.88 Å². The van der Waals surface area contributed by atoms with Crippen LogP contribution >= 0.6 is 11.8 Å². The summed E-state index contributed by atoms with van der Waals surface area (Å²) in [6, 6.07) is 3.91. The van der Waals surface area contributed by atoms with Crippen LogP contribution in [0.1, 0.15) is 30.2 Å². The molecular formula is C10H14N2OS. The Balaban J connectivity index is 2.07. The molecule has 1 saturated heterocycles. The van der Waals surface area contributed by atoms with E-state index in [1.807, 2.05) is 23.9 Å². The molecule has 0 spiro atoms. The fourth-order valence-electron chi connectivity index (χ4n) is 1.58. The van der Waals surface area contributed by atoms with Crippen LogP contribution < -0.4 is 4.74 Å². The third kappa shape index (κ3) is 2.18. The van der Waals surface area contributed by atoms with Gasteiger partial charge >= 0.3 is 0 Å². The van der Waals surface area contributed by atoms with E-state index in [0.29, 0.717) is 11.1 Å². The summed E-state index contributed by atoms with van der Waals surface area (Å²) >= 11 is 1.99. The van der Waals surface area contributed by atoms with E-state index in [0.717, 1.165) is 5.69 Å². The molecule has 1 aromatic rings. The maximum Gasteiger partial charge on any atom is 0.233 e. The van der Waals surface area contributed by atoms with Crippen molar-refractivity contribution in [2.45, 2.75) is 24.5 Å². The van der Waals surface area contributed by atoms with Crippen LogP contribution in [0.15, 0.2) is 12.1 Å². The second-order valence-corrected chi connectivity index (χ2v) is 4.67. The van der Waals surface area contributed by atoms with Gasteiger partial charge in [-0.05, 0) is 24.7 Å². The summed E-state index contributed by atoms with van der Waals surface area (Å²) in [7, 11) is 1.61. The molecule has 1 unspecified atom stereocenters. The summed E-state index contributed by atoms with van der Waals surface area (Å²) in [5.74, 6) is 1.84. The molecule has 1 atom stereocenters. The van der Waals surface area contributed by atoms with Crippen LogP contribution in [0.25, 0.3) is 0 Å². The van der Waals surface area contributed by atoms with Crippen molar-refractivity contribution in [2.75, 3.05) is 12.9 Å². The Morgan fingerprint density at radius 2 is 2.29 bits per heavy atom. The van der Waals surface area contributed by atoms with Gasteiger partial charge in [0, 0.05) is 11.3 Å². The first-order valence-corrected chi connectivity index (χ1v) is 5.94. The zero-order chi connectivity index (χ0) is 9.80. The van der Waals surface area contributed by atoms with Crippen molar-refractivity contribution >= 4 is 11.8 Å². The fraction of sp³-hybridized carbons (Fsp3) is 0.600. The molecule has 14 heavy (non-hydrogen) atoms. The molecular weight excluding hydrogens is 196 g/mol. The van der Waals surface area contributed by atoms with E-state index < -0.39 is 0 Å². The Hall–Kier alpha value is -0.770. The van der Waals surface area contributed by atoms with Crippen molar-refractivity contribution in [3.8, 4) is 5.88 Å². The van der Waals surface area contributed by atoms with E-state index in [9.17, 15) is 0 Å². The Kier molecular flexibility index (Phi) is 3.24. The highest BCUT2D eigenvalue weighted by atomic mass is 32.2. The molecule has 76 valence electrons. The highest BCUT2D eigenvalue weighted by molar-refractivity contribution is 7.99. The number of methoxy groups -OCH3 is 1. The van der Waals surface area contributed by atoms with Crippen LogP contribution in [-0.2, 0) is 0 Å². The van der Waals surface area contributed by atoms with Gasteiger partial charge in [-0.3, -0.25) is 0 Å². The minimum atomic E-state index is 0.544. The molecule has 1 fully saturated rings. The first kappa shape index (κ1) is 9.77. The van der Waals surface area contributed by atoms with Crippen molar-refractivity contribution in [1.29, 1.82) is 0 Å². The quantitative estimate of drug-likeness (QED) is 0.751. The average Bonchev–Trinajstić information content (AvgIpc) is 2.30. The standard InChI is InChI=1S/C10H14N2OS/c1-13-10-6-5-8(11-12-10)9-4-2-3-7-14-9/h5-6,9H,2-4,7H2,1H3. The summed E-state index contributed by atoms with van der Waals surface area (Å²) in [5, 5.41) is 8.71. The lowest BCUT2D eigenvalue weighted by atomic mass is 10.1. The largest absolute Gasteiger partial charge is 0.480 e. The molecule has 0 amide bonds. The summed E-state index contributed by atoms with van der Waals surface area (Å²) < 4.78 is 4.98. The molecule has 2 heterocycles. The monoisotopic (exact) mass is 210 g/mol. The van der Waals surface area contributed by atoms with Crippen molar-refractivity contribution in [3.05, 3.63) is 17.8 Å². The number of rotatable bonds is 2. The summed E-state index contributed by atoms with van der Waals surface area (Å²) in [5.41, 5.74) is 1.09. The van der Waals surface area contributed by atoms with Crippen LogP contribution in [-0.4, -0.2) is 23.1 Å². The number of aromatic nitrogens is 2. The lowest BCUT2D eigenvalue weighted by molar-refractivity contribution is 0.391. The predicted octanol–water partition coefficient (Wildman–Crippen LogP) is 2.44. The smallest absolute Gasteiger partial charge is 0.233 e. The average molecular weight is 210 g/mol. The Morgan fingerprint density at radius 3 is 2.86 bits per heavy atom. The molecule has 0 bridgehead atoms. The summed E-state index contributed by atoms with van der Waals surface area (Å²) in [6.07, 6.45) is 3.88. The van der Waals surface area contributed by atoms with Crippen LogP contribution in [0.5, 0.6) is 5.88 Å². The zero-order valence-corrected chi connectivity index (χ0v) is 9.09. The maximum atomic E-state index is 4.98. The first-order chi connectivity index (χ1) is 6.90. The lowest BCUT2D eigenvalue weighted by Crippen LogP contribution is -2.05. The number of hydrogen-bond acceptors (Lipinski definition) is 4. The van der Waals surface area contributed by atoms with Gasteiger partial charge in [0.25, 0.3) is 0 Å². The van der Waals surface area contributed by atoms with Crippen LogP contribution in [0, 0.1) is 0 Å². The summed E-state index contributed by atoms with van der Waals surface area (Å²) in [6.45, 7) is 0. The number of hydrogen-bond donors (Lipinski definition) is 0. The highest BCUT2D eigenvalue weighted by Crippen LogP contribution is 2.37. The highest BCUT2D eigenvalue weighted by Gasteiger charge is 2.17. The van der Waals surface area contributed by atoms with Gasteiger partial charge < -0.3 is 4.74 Å². The predicted molar refractivity (Wildman–Crippen MR) is 57.6 cm³/mol. The number of thioether (sulfide) groups is 1. The zero-order valence-electron chi connectivity index (χ0n) is 8.27. The van der Waals surface area contributed by atoms with Gasteiger partial charge in [0.15, 0.2) is 0 Å². The molecule has 3 nitrogen and oxygen atoms in total. The van der Waals surface area contributed by atoms with Crippen molar-refractivity contribution < 1.29 is 4.74 Å². The van der Waals surface area contributed by atoms with Gasteiger partial charge in [-0.15, -0.1) is 5.10 Å². The van der Waals surface area contributed by atoms with E-state index in [1.54, 1.807) is 7.11 Å². The Bertz CT molecular complexity index is 283. The van der Waals surface area contributed by atoms with Crippen LogP contribution in [0.2, 0.25) is 0 Å². The number of ether oxygens (including phenoxy) is 1. The topological polar surface area (TPSA) is 35.0 Å². The molecule has 2 rings (SSSR count). The van der Waals surface area contributed by atoms with Crippen LogP contribution in [0.3, 0.4) is 0 Å². The number of nitrogens with zero attached hydrogens (tertiary/aromatic N) is 2. The molecule has 1 aliphatic rings. The molecule has 0 aliphatic carbocycles. The second kappa shape index (κ2) is 4.64. The van der Waals surface area contributed by atoms with Gasteiger partial charge in [-0.25, -0.2) is 0 Å². The Morgan fingerprint density at radius 1 is 1.36 bits per heavy atom. The van der Waals surface area contributed by atoms with Gasteiger partial charge in [0.05, 0.1) is 12.8 Å². The SMILES string of the molecule is COc1ccc(C2CCCCS2)nn1. The lowest BCUT2D eigenvalue weighted by Gasteiger charge is -2.19.